The van der Waals surface area contributed by atoms with Crippen molar-refractivity contribution in [1.82, 2.24) is 0 Å². The minimum absolute atomic E-state index is 1.14. The number of benzene rings is 1. The summed E-state index contributed by atoms with van der Waals surface area (Å²) >= 11 is 3.45. The smallest absolute Gasteiger partial charge is 0.00313 e. The van der Waals surface area contributed by atoms with E-state index in [9.17, 15) is 0 Å². The first kappa shape index (κ1) is 10.8. The summed E-state index contributed by atoms with van der Waals surface area (Å²) < 4.78 is 0. The molecule has 0 unspecified atom stereocenters. The molecule has 0 aliphatic carbocycles. The fourth-order valence-electron chi connectivity index (χ4n) is 1.36. The predicted octanol–water partition coefficient (Wildman–Crippen LogP) is 4.10. The predicted molar refractivity (Wildman–Crippen MR) is 62.5 cm³/mol. The number of rotatable bonds is 5. The number of alkyl halides is 1. The van der Waals surface area contributed by atoms with Crippen LogP contribution in [0.4, 0.5) is 0 Å². The minimum atomic E-state index is 1.14. The van der Waals surface area contributed by atoms with E-state index in [1.165, 1.54) is 36.8 Å². The van der Waals surface area contributed by atoms with E-state index in [0.29, 0.717) is 0 Å². The maximum atomic E-state index is 3.45. The molecule has 0 nitrogen and oxygen atoms in total. The number of hydrogen-bond donors (Lipinski definition) is 0. The lowest BCUT2D eigenvalue weighted by molar-refractivity contribution is 0.724. The molecule has 0 aliphatic heterocycles. The molecule has 13 heavy (non-hydrogen) atoms. The van der Waals surface area contributed by atoms with Crippen molar-refractivity contribution in [3.8, 4) is 0 Å². The van der Waals surface area contributed by atoms with Gasteiger partial charge in [-0.3, -0.25) is 0 Å². The quantitative estimate of drug-likeness (QED) is 0.537. The second kappa shape index (κ2) is 6.20. The summed E-state index contributed by atoms with van der Waals surface area (Å²) in [7, 11) is 0. The van der Waals surface area contributed by atoms with Crippen molar-refractivity contribution in [2.45, 2.75) is 32.6 Å². The molecule has 0 bridgehead atoms. The summed E-state index contributed by atoms with van der Waals surface area (Å²) in [4.78, 5) is 0. The molecule has 1 heteroatoms. The SMILES string of the molecule is Cc1ccc(CCCCCBr)cc1. The lowest BCUT2D eigenvalue weighted by Crippen LogP contribution is -1.86. The number of aryl methyl sites for hydroxylation is 2. The second-order valence-electron chi connectivity index (χ2n) is 3.49. The molecule has 1 aromatic carbocycles. The summed E-state index contributed by atoms with van der Waals surface area (Å²) in [6.45, 7) is 2.13. The van der Waals surface area contributed by atoms with Gasteiger partial charge in [0.15, 0.2) is 0 Å². The normalized spacial score (nSPS) is 10.3. The van der Waals surface area contributed by atoms with Gasteiger partial charge in [-0.05, 0) is 31.7 Å². The van der Waals surface area contributed by atoms with E-state index in [1.807, 2.05) is 0 Å². The van der Waals surface area contributed by atoms with Crippen molar-refractivity contribution in [2.75, 3.05) is 5.33 Å². The molecule has 0 amide bonds. The highest BCUT2D eigenvalue weighted by Gasteiger charge is 1.92. The molecular weight excluding hydrogens is 224 g/mol. The van der Waals surface area contributed by atoms with E-state index in [-0.39, 0.29) is 0 Å². The minimum Gasteiger partial charge on any atom is -0.0928 e. The average molecular weight is 241 g/mol. The van der Waals surface area contributed by atoms with Crippen LogP contribution in [-0.4, -0.2) is 5.33 Å². The zero-order valence-electron chi connectivity index (χ0n) is 8.22. The third kappa shape index (κ3) is 4.47. The number of halogens is 1. The van der Waals surface area contributed by atoms with Gasteiger partial charge in [0.05, 0.1) is 0 Å². The topological polar surface area (TPSA) is 0 Å². The summed E-state index contributed by atoms with van der Waals surface area (Å²) in [6.07, 6.45) is 5.17. The Kier molecular flexibility index (Phi) is 5.14. The second-order valence-corrected chi connectivity index (χ2v) is 4.28. The van der Waals surface area contributed by atoms with Crippen LogP contribution in [0.25, 0.3) is 0 Å². The van der Waals surface area contributed by atoms with Gasteiger partial charge in [0, 0.05) is 5.33 Å². The van der Waals surface area contributed by atoms with Crippen LogP contribution in [0.1, 0.15) is 30.4 Å². The summed E-state index contributed by atoms with van der Waals surface area (Å²) in [5.74, 6) is 0. The highest BCUT2D eigenvalue weighted by Crippen LogP contribution is 2.08. The zero-order chi connectivity index (χ0) is 9.52. The van der Waals surface area contributed by atoms with Gasteiger partial charge >= 0.3 is 0 Å². The lowest BCUT2D eigenvalue weighted by atomic mass is 10.1. The molecule has 0 saturated heterocycles. The Morgan fingerprint density at radius 1 is 1.00 bits per heavy atom. The summed E-state index contributed by atoms with van der Waals surface area (Å²) in [5.41, 5.74) is 2.82. The third-order valence-electron chi connectivity index (χ3n) is 2.22. The molecule has 0 atom stereocenters. The third-order valence-corrected chi connectivity index (χ3v) is 2.78. The summed E-state index contributed by atoms with van der Waals surface area (Å²) in [5, 5.41) is 1.14. The molecule has 0 aliphatic rings. The first-order chi connectivity index (χ1) is 6.33. The van der Waals surface area contributed by atoms with E-state index < -0.39 is 0 Å². The Morgan fingerprint density at radius 3 is 2.31 bits per heavy atom. The van der Waals surface area contributed by atoms with Gasteiger partial charge < -0.3 is 0 Å². The van der Waals surface area contributed by atoms with Crippen molar-refractivity contribution < 1.29 is 0 Å². The molecule has 0 aromatic heterocycles. The molecule has 0 fully saturated rings. The summed E-state index contributed by atoms with van der Waals surface area (Å²) in [6, 6.07) is 8.87. The molecule has 0 N–H and O–H groups in total. The largest absolute Gasteiger partial charge is 0.0928 e. The van der Waals surface area contributed by atoms with E-state index in [2.05, 4.69) is 47.1 Å². The molecule has 0 radical (unpaired) electrons. The number of unbranched alkanes of at least 4 members (excludes halogenated alkanes) is 2. The van der Waals surface area contributed by atoms with Gasteiger partial charge in [0.25, 0.3) is 0 Å². The van der Waals surface area contributed by atoms with Gasteiger partial charge in [-0.25, -0.2) is 0 Å². The van der Waals surface area contributed by atoms with Crippen LogP contribution in [0.2, 0.25) is 0 Å². The molecular formula is C12H17Br. The maximum absolute atomic E-state index is 3.45. The van der Waals surface area contributed by atoms with Crippen LogP contribution in [0.3, 0.4) is 0 Å². The monoisotopic (exact) mass is 240 g/mol. The molecule has 0 spiro atoms. The first-order valence-electron chi connectivity index (χ1n) is 4.94. The van der Waals surface area contributed by atoms with E-state index in [1.54, 1.807) is 0 Å². The van der Waals surface area contributed by atoms with E-state index >= 15 is 0 Å². The molecule has 1 rings (SSSR count). The van der Waals surface area contributed by atoms with Crippen molar-refractivity contribution >= 4 is 15.9 Å². The van der Waals surface area contributed by atoms with E-state index in [4.69, 9.17) is 0 Å². The Hall–Kier alpha value is -0.300. The number of hydrogen-bond acceptors (Lipinski definition) is 0. The van der Waals surface area contributed by atoms with E-state index in [0.717, 1.165) is 5.33 Å². The van der Waals surface area contributed by atoms with Crippen molar-refractivity contribution in [3.63, 3.8) is 0 Å². The first-order valence-corrected chi connectivity index (χ1v) is 6.06. The Morgan fingerprint density at radius 2 is 1.69 bits per heavy atom. The molecule has 72 valence electrons. The highest BCUT2D eigenvalue weighted by atomic mass is 79.9. The molecule has 0 saturated carbocycles. The fraction of sp³-hybridized carbons (Fsp3) is 0.500. The fourth-order valence-corrected chi connectivity index (χ4v) is 1.75. The Labute approximate surface area is 89.5 Å². The van der Waals surface area contributed by atoms with Crippen molar-refractivity contribution in [3.05, 3.63) is 35.4 Å². The van der Waals surface area contributed by atoms with Crippen LogP contribution >= 0.6 is 15.9 Å². The maximum Gasteiger partial charge on any atom is 0.00313 e. The Balaban J connectivity index is 2.25. The zero-order valence-corrected chi connectivity index (χ0v) is 9.81. The standard InChI is InChI=1S/C12H17Br/c1-11-6-8-12(9-7-11)5-3-2-4-10-13/h6-9H,2-5,10H2,1H3. The Bertz CT molecular complexity index is 225. The molecule has 0 heterocycles. The van der Waals surface area contributed by atoms with Gasteiger partial charge in [-0.1, -0.05) is 52.2 Å². The molecule has 1 aromatic rings. The lowest BCUT2D eigenvalue weighted by Gasteiger charge is -2.00. The van der Waals surface area contributed by atoms with Crippen molar-refractivity contribution in [2.24, 2.45) is 0 Å². The van der Waals surface area contributed by atoms with Crippen LogP contribution in [0.15, 0.2) is 24.3 Å². The van der Waals surface area contributed by atoms with Gasteiger partial charge in [0.2, 0.25) is 0 Å². The van der Waals surface area contributed by atoms with Crippen LogP contribution < -0.4 is 0 Å². The van der Waals surface area contributed by atoms with Crippen LogP contribution in [0.5, 0.6) is 0 Å². The van der Waals surface area contributed by atoms with Gasteiger partial charge in [-0.15, -0.1) is 0 Å². The van der Waals surface area contributed by atoms with Gasteiger partial charge in [-0.2, -0.15) is 0 Å². The van der Waals surface area contributed by atoms with Crippen LogP contribution in [-0.2, 0) is 6.42 Å². The van der Waals surface area contributed by atoms with Crippen molar-refractivity contribution in [1.29, 1.82) is 0 Å². The highest BCUT2D eigenvalue weighted by molar-refractivity contribution is 9.09. The average Bonchev–Trinajstić information content (AvgIpc) is 2.15. The van der Waals surface area contributed by atoms with Gasteiger partial charge in [0.1, 0.15) is 0 Å². The van der Waals surface area contributed by atoms with Crippen LogP contribution in [0, 0.1) is 6.92 Å².